The van der Waals surface area contributed by atoms with Crippen LogP contribution in [0.1, 0.15) is 19.2 Å². The summed E-state index contributed by atoms with van der Waals surface area (Å²) in [5.41, 5.74) is 0.191. The SMILES string of the molecule is CC[C@H](CO)Nc1nc(C(F)(F)F)nc2ccc(Br)cc12. The summed E-state index contributed by atoms with van der Waals surface area (Å²) in [5.74, 6) is -1.14. The first-order valence-corrected chi connectivity index (χ1v) is 7.06. The quantitative estimate of drug-likeness (QED) is 0.871. The molecule has 0 bridgehead atoms. The molecule has 0 aliphatic heterocycles. The molecule has 0 fully saturated rings. The molecule has 1 heterocycles. The lowest BCUT2D eigenvalue weighted by atomic mass is 10.2. The van der Waals surface area contributed by atoms with E-state index in [1.165, 1.54) is 6.07 Å². The van der Waals surface area contributed by atoms with Crippen molar-refractivity contribution in [1.29, 1.82) is 0 Å². The van der Waals surface area contributed by atoms with Crippen molar-refractivity contribution >= 4 is 32.7 Å². The van der Waals surface area contributed by atoms with Crippen LogP contribution >= 0.6 is 15.9 Å². The maximum atomic E-state index is 12.9. The zero-order valence-corrected chi connectivity index (χ0v) is 12.7. The second kappa shape index (κ2) is 6.15. The first-order chi connectivity index (χ1) is 9.85. The smallest absolute Gasteiger partial charge is 0.394 e. The Balaban J connectivity index is 2.60. The van der Waals surface area contributed by atoms with Gasteiger partial charge < -0.3 is 10.4 Å². The Kier molecular flexibility index (Phi) is 4.67. The number of aliphatic hydroxyl groups is 1. The van der Waals surface area contributed by atoms with Gasteiger partial charge in [0.2, 0.25) is 5.82 Å². The van der Waals surface area contributed by atoms with Gasteiger partial charge >= 0.3 is 6.18 Å². The number of nitrogens with zero attached hydrogens (tertiary/aromatic N) is 2. The number of anilines is 1. The molecule has 2 N–H and O–H groups in total. The third kappa shape index (κ3) is 3.62. The Bertz CT molecular complexity index is 644. The zero-order valence-electron chi connectivity index (χ0n) is 11.1. The predicted molar refractivity (Wildman–Crippen MR) is 77.0 cm³/mol. The summed E-state index contributed by atoms with van der Waals surface area (Å²) in [5, 5.41) is 12.5. The van der Waals surface area contributed by atoms with Crippen molar-refractivity contribution in [3.05, 3.63) is 28.5 Å². The number of nitrogens with one attached hydrogen (secondary N) is 1. The lowest BCUT2D eigenvalue weighted by Crippen LogP contribution is -2.24. The molecule has 0 radical (unpaired) electrons. The van der Waals surface area contributed by atoms with Crippen LogP contribution in [0, 0.1) is 0 Å². The topological polar surface area (TPSA) is 58.0 Å². The number of aliphatic hydroxyl groups excluding tert-OH is 1. The zero-order chi connectivity index (χ0) is 15.6. The number of aromatic nitrogens is 2. The van der Waals surface area contributed by atoms with Crippen LogP contribution < -0.4 is 5.32 Å². The first kappa shape index (κ1) is 16.0. The average Bonchev–Trinajstić information content (AvgIpc) is 2.43. The highest BCUT2D eigenvalue weighted by molar-refractivity contribution is 9.10. The van der Waals surface area contributed by atoms with Crippen molar-refractivity contribution in [2.75, 3.05) is 11.9 Å². The molecule has 0 aliphatic rings. The van der Waals surface area contributed by atoms with Crippen LogP contribution in [-0.4, -0.2) is 27.7 Å². The minimum absolute atomic E-state index is 0.0644. The van der Waals surface area contributed by atoms with E-state index in [4.69, 9.17) is 0 Å². The molecule has 1 atom stereocenters. The van der Waals surface area contributed by atoms with Crippen molar-refractivity contribution in [3.63, 3.8) is 0 Å². The minimum Gasteiger partial charge on any atom is -0.394 e. The van der Waals surface area contributed by atoms with E-state index in [1.54, 1.807) is 12.1 Å². The Morgan fingerprint density at radius 1 is 1.33 bits per heavy atom. The third-order valence-electron chi connectivity index (χ3n) is 2.97. The van der Waals surface area contributed by atoms with Crippen LogP contribution in [0.5, 0.6) is 0 Å². The average molecular weight is 364 g/mol. The van der Waals surface area contributed by atoms with Crippen LogP contribution in [0.4, 0.5) is 19.0 Å². The van der Waals surface area contributed by atoms with Gasteiger partial charge in [-0.1, -0.05) is 22.9 Å². The van der Waals surface area contributed by atoms with E-state index < -0.39 is 12.0 Å². The van der Waals surface area contributed by atoms with Crippen molar-refractivity contribution < 1.29 is 18.3 Å². The molecule has 0 saturated heterocycles. The van der Waals surface area contributed by atoms with E-state index in [1.807, 2.05) is 6.92 Å². The summed E-state index contributed by atoms with van der Waals surface area (Å²) in [7, 11) is 0. The Morgan fingerprint density at radius 2 is 2.05 bits per heavy atom. The molecule has 0 aliphatic carbocycles. The highest BCUT2D eigenvalue weighted by Gasteiger charge is 2.35. The fraction of sp³-hybridized carbons (Fsp3) is 0.385. The lowest BCUT2D eigenvalue weighted by Gasteiger charge is -2.17. The van der Waals surface area contributed by atoms with Crippen LogP contribution in [-0.2, 0) is 6.18 Å². The van der Waals surface area contributed by atoms with Gasteiger partial charge in [0.25, 0.3) is 0 Å². The van der Waals surface area contributed by atoms with Gasteiger partial charge in [0.05, 0.1) is 18.2 Å². The molecule has 0 spiro atoms. The number of hydrogen-bond acceptors (Lipinski definition) is 4. The van der Waals surface area contributed by atoms with Crippen molar-refractivity contribution in [2.24, 2.45) is 0 Å². The number of rotatable bonds is 4. The largest absolute Gasteiger partial charge is 0.451 e. The van der Waals surface area contributed by atoms with Gasteiger partial charge in [-0.3, -0.25) is 0 Å². The van der Waals surface area contributed by atoms with Gasteiger partial charge in [0.15, 0.2) is 0 Å². The van der Waals surface area contributed by atoms with Gasteiger partial charge in [-0.05, 0) is 24.6 Å². The molecular formula is C13H13BrF3N3O. The van der Waals surface area contributed by atoms with E-state index in [-0.39, 0.29) is 24.0 Å². The Hall–Kier alpha value is -1.41. The van der Waals surface area contributed by atoms with Crippen LogP contribution in [0.15, 0.2) is 22.7 Å². The fourth-order valence-electron chi connectivity index (χ4n) is 1.81. The van der Waals surface area contributed by atoms with E-state index in [0.29, 0.717) is 16.3 Å². The molecule has 114 valence electrons. The van der Waals surface area contributed by atoms with Crippen molar-refractivity contribution in [2.45, 2.75) is 25.6 Å². The highest BCUT2D eigenvalue weighted by atomic mass is 79.9. The van der Waals surface area contributed by atoms with Crippen molar-refractivity contribution in [1.82, 2.24) is 9.97 Å². The maximum absolute atomic E-state index is 12.9. The van der Waals surface area contributed by atoms with Crippen LogP contribution in [0.2, 0.25) is 0 Å². The Labute approximate surface area is 127 Å². The molecule has 0 saturated carbocycles. The second-order valence-corrected chi connectivity index (χ2v) is 5.40. The second-order valence-electron chi connectivity index (χ2n) is 4.49. The van der Waals surface area contributed by atoms with Crippen LogP contribution in [0.3, 0.4) is 0 Å². The summed E-state index contributed by atoms with van der Waals surface area (Å²) in [6.45, 7) is 1.62. The summed E-state index contributed by atoms with van der Waals surface area (Å²) >= 11 is 3.27. The highest BCUT2D eigenvalue weighted by Crippen LogP contribution is 2.31. The summed E-state index contributed by atoms with van der Waals surface area (Å²) < 4.78 is 39.3. The summed E-state index contributed by atoms with van der Waals surface area (Å²) in [6.07, 6.45) is -4.07. The predicted octanol–water partition coefficient (Wildman–Crippen LogP) is 3.59. The van der Waals surface area contributed by atoms with E-state index in [9.17, 15) is 18.3 Å². The molecular weight excluding hydrogens is 351 g/mol. The summed E-state index contributed by atoms with van der Waals surface area (Å²) in [4.78, 5) is 7.12. The number of hydrogen-bond donors (Lipinski definition) is 2. The van der Waals surface area contributed by atoms with Gasteiger partial charge in [0, 0.05) is 9.86 Å². The molecule has 21 heavy (non-hydrogen) atoms. The molecule has 1 aromatic heterocycles. The molecule has 1 aromatic carbocycles. The molecule has 8 heteroatoms. The standard InChI is InChI=1S/C13H13BrF3N3O/c1-2-8(6-21)18-11-9-5-7(14)3-4-10(9)19-12(20-11)13(15,16)17/h3-5,8,21H,2,6H2,1H3,(H,18,19,20)/t8-/m1/s1. The number of alkyl halides is 3. The molecule has 0 amide bonds. The molecule has 2 aromatic rings. The van der Waals surface area contributed by atoms with Gasteiger partial charge in [-0.25, -0.2) is 9.97 Å². The van der Waals surface area contributed by atoms with Gasteiger partial charge in [-0.15, -0.1) is 0 Å². The monoisotopic (exact) mass is 363 g/mol. The number of fused-ring (bicyclic) bond motifs is 1. The first-order valence-electron chi connectivity index (χ1n) is 6.27. The van der Waals surface area contributed by atoms with E-state index in [2.05, 4.69) is 31.2 Å². The van der Waals surface area contributed by atoms with E-state index >= 15 is 0 Å². The molecule has 0 unspecified atom stereocenters. The normalized spacial score (nSPS) is 13.4. The third-order valence-corrected chi connectivity index (χ3v) is 3.46. The number of halogens is 4. The summed E-state index contributed by atoms with van der Waals surface area (Å²) in [6, 6.07) is 4.37. The van der Waals surface area contributed by atoms with Crippen LogP contribution in [0.25, 0.3) is 10.9 Å². The lowest BCUT2D eigenvalue weighted by molar-refractivity contribution is -0.144. The van der Waals surface area contributed by atoms with Gasteiger partial charge in [0.1, 0.15) is 5.82 Å². The maximum Gasteiger partial charge on any atom is 0.451 e. The minimum atomic E-state index is -4.63. The van der Waals surface area contributed by atoms with E-state index in [0.717, 1.165) is 0 Å². The fourth-order valence-corrected chi connectivity index (χ4v) is 2.17. The number of benzene rings is 1. The molecule has 4 nitrogen and oxygen atoms in total. The van der Waals surface area contributed by atoms with Gasteiger partial charge in [-0.2, -0.15) is 13.2 Å². The molecule has 2 rings (SSSR count). The van der Waals surface area contributed by atoms with Crippen molar-refractivity contribution in [3.8, 4) is 0 Å². The Morgan fingerprint density at radius 3 is 2.62 bits per heavy atom.